The highest BCUT2D eigenvalue weighted by atomic mass is 32.2. The number of rotatable bonds is 4. The van der Waals surface area contributed by atoms with Crippen molar-refractivity contribution in [1.29, 1.82) is 0 Å². The van der Waals surface area contributed by atoms with Crippen molar-refractivity contribution in [3.05, 3.63) is 107 Å². The van der Waals surface area contributed by atoms with Crippen LogP contribution in [0.3, 0.4) is 0 Å². The first-order valence-corrected chi connectivity index (χ1v) is 16.0. The van der Waals surface area contributed by atoms with Crippen molar-refractivity contribution >= 4 is 25.5 Å². The number of carbonyl (C=O) groups is 1. The summed E-state index contributed by atoms with van der Waals surface area (Å²) in [5, 5.41) is 0. The number of carbonyl (C=O) groups excluding carboxylic acids is 1. The number of hydrogen-bond donors (Lipinski definition) is 0. The maximum atomic E-state index is 13.4. The summed E-state index contributed by atoms with van der Waals surface area (Å²) in [6.45, 7) is 12.3. The average Bonchev–Trinajstić information content (AvgIpc) is 3.18. The van der Waals surface area contributed by atoms with Gasteiger partial charge in [-0.15, -0.1) is 0 Å². The zero-order valence-electron chi connectivity index (χ0n) is 23.4. The zero-order chi connectivity index (χ0) is 29.3. The third-order valence-corrected chi connectivity index (χ3v) is 11.0. The lowest BCUT2D eigenvalue weighted by Gasteiger charge is -2.19. The molecule has 0 aromatic heterocycles. The van der Waals surface area contributed by atoms with Crippen molar-refractivity contribution in [1.82, 2.24) is 0 Å². The molecule has 5 rings (SSSR count). The van der Waals surface area contributed by atoms with E-state index in [0.717, 1.165) is 11.1 Å². The molecular weight excluding hydrogens is 540 g/mol. The highest BCUT2D eigenvalue weighted by Gasteiger charge is 2.31. The molecule has 4 aromatic carbocycles. The van der Waals surface area contributed by atoms with E-state index in [2.05, 4.69) is 41.5 Å². The summed E-state index contributed by atoms with van der Waals surface area (Å²) in [7, 11) is -7.73. The minimum atomic E-state index is -3.86. The monoisotopic (exact) mass is 572 g/mol. The van der Waals surface area contributed by atoms with Crippen LogP contribution < -0.4 is 0 Å². The topological polar surface area (TPSA) is 85.3 Å². The van der Waals surface area contributed by atoms with Gasteiger partial charge in [-0.1, -0.05) is 77.9 Å². The Morgan fingerprint density at radius 1 is 0.425 bits per heavy atom. The minimum Gasteiger partial charge on any atom is -0.289 e. The summed E-state index contributed by atoms with van der Waals surface area (Å²) < 4.78 is 53.6. The van der Waals surface area contributed by atoms with Gasteiger partial charge in [-0.25, -0.2) is 16.8 Å². The second kappa shape index (κ2) is 9.25. The van der Waals surface area contributed by atoms with Crippen LogP contribution in [0.1, 0.15) is 68.6 Å². The molecule has 0 saturated carbocycles. The molecule has 0 amide bonds. The SMILES string of the molecule is CC(C)(C)c1ccc(S(=O)(=O)c2ccc3c(c2)C(=O)c2cc(S(=O)(=O)c4ccc(C(C)(C)C)cc4)ccc2-3)cc1. The van der Waals surface area contributed by atoms with Crippen LogP contribution in [0.15, 0.2) is 105 Å². The van der Waals surface area contributed by atoms with Crippen molar-refractivity contribution in [3.8, 4) is 11.1 Å². The largest absolute Gasteiger partial charge is 0.289 e. The van der Waals surface area contributed by atoms with Gasteiger partial charge in [-0.05, 0) is 81.6 Å². The van der Waals surface area contributed by atoms with E-state index in [1.54, 1.807) is 60.7 Å². The number of benzene rings is 4. The fraction of sp³-hybridized carbons (Fsp3) is 0.242. The molecule has 40 heavy (non-hydrogen) atoms. The molecule has 0 spiro atoms. The Morgan fingerprint density at radius 2 is 0.725 bits per heavy atom. The van der Waals surface area contributed by atoms with Crippen molar-refractivity contribution in [2.45, 2.75) is 72.0 Å². The second-order valence-electron chi connectivity index (χ2n) is 12.3. The Hall–Kier alpha value is -3.55. The third-order valence-electron chi connectivity index (χ3n) is 7.44. The van der Waals surface area contributed by atoms with Crippen LogP contribution in [0.2, 0.25) is 0 Å². The van der Waals surface area contributed by atoms with Gasteiger partial charge in [0.1, 0.15) is 0 Å². The first kappa shape index (κ1) is 28.0. The number of ketones is 1. The van der Waals surface area contributed by atoms with Gasteiger partial charge in [0.25, 0.3) is 0 Å². The van der Waals surface area contributed by atoms with E-state index in [4.69, 9.17) is 0 Å². The lowest BCUT2D eigenvalue weighted by molar-refractivity contribution is 0.104. The summed E-state index contributed by atoms with van der Waals surface area (Å²) in [5.41, 5.74) is 3.45. The van der Waals surface area contributed by atoms with Crippen LogP contribution in [-0.2, 0) is 30.5 Å². The highest BCUT2D eigenvalue weighted by molar-refractivity contribution is 7.91. The van der Waals surface area contributed by atoms with Crippen molar-refractivity contribution in [3.63, 3.8) is 0 Å². The number of sulfone groups is 2. The zero-order valence-corrected chi connectivity index (χ0v) is 25.1. The third kappa shape index (κ3) is 4.71. The van der Waals surface area contributed by atoms with Crippen LogP contribution in [0.4, 0.5) is 0 Å². The molecule has 0 atom stereocenters. The fourth-order valence-electron chi connectivity index (χ4n) is 4.91. The lowest BCUT2D eigenvalue weighted by atomic mass is 9.87. The summed E-state index contributed by atoms with van der Waals surface area (Å²) in [5.74, 6) is -0.398. The van der Waals surface area contributed by atoms with Gasteiger partial charge in [0.05, 0.1) is 19.6 Å². The highest BCUT2D eigenvalue weighted by Crippen LogP contribution is 2.40. The molecule has 1 aliphatic carbocycles. The molecule has 0 radical (unpaired) electrons. The average molecular weight is 573 g/mol. The van der Waals surface area contributed by atoms with Crippen molar-refractivity contribution in [2.24, 2.45) is 0 Å². The summed E-state index contributed by atoms with van der Waals surface area (Å²) in [4.78, 5) is 13.8. The Bertz CT molecular complexity index is 1730. The summed E-state index contributed by atoms with van der Waals surface area (Å²) in [6, 6.07) is 22.6. The summed E-state index contributed by atoms with van der Waals surface area (Å²) in [6.07, 6.45) is 0. The van der Waals surface area contributed by atoms with Gasteiger partial charge in [0, 0.05) is 11.1 Å². The smallest absolute Gasteiger partial charge is 0.206 e. The first-order valence-electron chi connectivity index (χ1n) is 13.1. The molecule has 0 aliphatic heterocycles. The van der Waals surface area contributed by atoms with Crippen LogP contribution in [0, 0.1) is 0 Å². The maximum absolute atomic E-state index is 13.4. The molecule has 7 heteroatoms. The van der Waals surface area contributed by atoms with E-state index < -0.39 is 25.5 Å². The second-order valence-corrected chi connectivity index (χ2v) is 16.2. The van der Waals surface area contributed by atoms with Crippen LogP contribution in [0.5, 0.6) is 0 Å². The van der Waals surface area contributed by atoms with Gasteiger partial charge in [-0.3, -0.25) is 4.79 Å². The molecule has 0 bridgehead atoms. The van der Waals surface area contributed by atoms with Gasteiger partial charge >= 0.3 is 0 Å². The Labute approximate surface area is 236 Å². The van der Waals surface area contributed by atoms with Gasteiger partial charge < -0.3 is 0 Å². The maximum Gasteiger partial charge on any atom is 0.206 e. The molecule has 206 valence electrons. The minimum absolute atomic E-state index is 0.0164. The number of fused-ring (bicyclic) bond motifs is 3. The normalized spacial score (nSPS) is 13.7. The Kier molecular flexibility index (Phi) is 6.47. The lowest BCUT2D eigenvalue weighted by Crippen LogP contribution is -2.11. The standard InChI is InChI=1S/C33H32O5S2/c1-32(2,3)21-7-11-23(12-8-21)39(35,36)25-15-17-27-28-18-16-26(20-30(28)31(34)29(27)19-25)40(37,38)24-13-9-22(10-14-24)33(4,5)6/h7-20H,1-6H3. The molecule has 5 nitrogen and oxygen atoms in total. The summed E-state index contributed by atoms with van der Waals surface area (Å²) >= 11 is 0. The molecule has 1 aliphatic rings. The quantitative estimate of drug-likeness (QED) is 0.228. The number of hydrogen-bond acceptors (Lipinski definition) is 5. The van der Waals surface area contributed by atoms with E-state index in [1.165, 1.54) is 24.3 Å². The molecule has 0 N–H and O–H groups in total. The van der Waals surface area contributed by atoms with E-state index in [0.29, 0.717) is 11.1 Å². The van der Waals surface area contributed by atoms with E-state index >= 15 is 0 Å². The van der Waals surface area contributed by atoms with Crippen LogP contribution in [0.25, 0.3) is 11.1 Å². The van der Waals surface area contributed by atoms with E-state index in [1.807, 2.05) is 0 Å². The van der Waals surface area contributed by atoms with Gasteiger partial charge in [-0.2, -0.15) is 0 Å². The molecule has 0 unspecified atom stereocenters. The van der Waals surface area contributed by atoms with Gasteiger partial charge in [0.15, 0.2) is 5.78 Å². The Morgan fingerprint density at radius 3 is 1.02 bits per heavy atom. The van der Waals surface area contributed by atoms with Crippen LogP contribution in [-0.4, -0.2) is 22.6 Å². The van der Waals surface area contributed by atoms with E-state index in [-0.39, 0.29) is 41.5 Å². The van der Waals surface area contributed by atoms with Crippen molar-refractivity contribution in [2.75, 3.05) is 0 Å². The molecule has 0 fully saturated rings. The predicted octanol–water partition coefficient (Wildman–Crippen LogP) is 7.16. The van der Waals surface area contributed by atoms with Gasteiger partial charge in [0.2, 0.25) is 19.7 Å². The molecular formula is C33H32O5S2. The molecule has 4 aromatic rings. The van der Waals surface area contributed by atoms with Crippen molar-refractivity contribution < 1.29 is 21.6 Å². The fourth-order valence-corrected chi connectivity index (χ4v) is 7.49. The predicted molar refractivity (Wildman–Crippen MR) is 156 cm³/mol. The van der Waals surface area contributed by atoms with E-state index in [9.17, 15) is 21.6 Å². The molecule has 0 saturated heterocycles. The first-order chi connectivity index (χ1) is 18.5. The molecule has 0 heterocycles. The van der Waals surface area contributed by atoms with Crippen LogP contribution >= 0.6 is 0 Å². The Balaban J connectivity index is 1.49.